The summed E-state index contributed by atoms with van der Waals surface area (Å²) in [6.07, 6.45) is 1.09. The average Bonchev–Trinajstić information content (AvgIpc) is 2.61. The summed E-state index contributed by atoms with van der Waals surface area (Å²) in [4.78, 5) is 24.2. The number of methoxy groups -OCH3 is 1. The highest BCUT2D eigenvalue weighted by atomic mass is 32.2. The first-order chi connectivity index (χ1) is 11.8. The molecule has 2 aromatic carbocycles. The SMILES string of the molecule is COC(=O)CC(NC(=O)c1ccc(S(C)(=O)=O)cc1)c1ccccc1. The van der Waals surface area contributed by atoms with Gasteiger partial charge in [-0.1, -0.05) is 30.3 Å². The molecule has 0 aliphatic carbocycles. The van der Waals surface area contributed by atoms with Crippen molar-refractivity contribution in [1.82, 2.24) is 5.32 Å². The summed E-state index contributed by atoms with van der Waals surface area (Å²) in [6.45, 7) is 0. The molecule has 0 spiro atoms. The Kier molecular flexibility index (Phi) is 5.93. The van der Waals surface area contributed by atoms with E-state index in [-0.39, 0.29) is 11.3 Å². The zero-order valence-electron chi connectivity index (χ0n) is 13.9. The first kappa shape index (κ1) is 18.7. The van der Waals surface area contributed by atoms with Gasteiger partial charge >= 0.3 is 5.97 Å². The fourth-order valence-electron chi connectivity index (χ4n) is 2.28. The molecule has 0 aliphatic heterocycles. The van der Waals surface area contributed by atoms with Crippen molar-refractivity contribution < 1.29 is 22.7 Å². The van der Waals surface area contributed by atoms with E-state index in [1.54, 1.807) is 12.1 Å². The lowest BCUT2D eigenvalue weighted by Crippen LogP contribution is -2.30. The van der Waals surface area contributed by atoms with Gasteiger partial charge < -0.3 is 10.1 Å². The van der Waals surface area contributed by atoms with Crippen LogP contribution in [0.4, 0.5) is 0 Å². The number of carbonyl (C=O) groups is 2. The summed E-state index contributed by atoms with van der Waals surface area (Å²) in [5.41, 5.74) is 1.08. The quantitative estimate of drug-likeness (QED) is 0.796. The van der Waals surface area contributed by atoms with Crippen molar-refractivity contribution in [1.29, 1.82) is 0 Å². The Labute approximate surface area is 146 Å². The number of rotatable bonds is 6. The molecular weight excluding hydrogens is 342 g/mol. The Bertz CT molecular complexity index is 845. The first-order valence-corrected chi connectivity index (χ1v) is 9.43. The molecule has 1 N–H and O–H groups in total. The third kappa shape index (κ3) is 5.15. The molecule has 0 saturated carbocycles. The van der Waals surface area contributed by atoms with Gasteiger partial charge in [0.05, 0.1) is 24.5 Å². The van der Waals surface area contributed by atoms with Gasteiger partial charge in [-0.25, -0.2) is 8.42 Å². The third-order valence-corrected chi connectivity index (χ3v) is 4.78. The number of sulfone groups is 1. The largest absolute Gasteiger partial charge is 0.469 e. The summed E-state index contributed by atoms with van der Waals surface area (Å²) in [7, 11) is -2.04. The van der Waals surface area contributed by atoms with E-state index in [0.29, 0.717) is 5.56 Å². The number of nitrogens with one attached hydrogen (secondary N) is 1. The molecule has 1 amide bonds. The summed E-state index contributed by atoms with van der Waals surface area (Å²) < 4.78 is 27.6. The van der Waals surface area contributed by atoms with Crippen LogP contribution in [0.3, 0.4) is 0 Å². The van der Waals surface area contributed by atoms with Gasteiger partial charge in [-0.3, -0.25) is 9.59 Å². The highest BCUT2D eigenvalue weighted by Crippen LogP contribution is 2.18. The number of benzene rings is 2. The van der Waals surface area contributed by atoms with Crippen molar-refractivity contribution in [2.45, 2.75) is 17.4 Å². The van der Waals surface area contributed by atoms with E-state index >= 15 is 0 Å². The monoisotopic (exact) mass is 361 g/mol. The molecule has 1 atom stereocenters. The van der Waals surface area contributed by atoms with Crippen LogP contribution >= 0.6 is 0 Å². The molecule has 7 heteroatoms. The van der Waals surface area contributed by atoms with Crippen molar-refractivity contribution >= 4 is 21.7 Å². The van der Waals surface area contributed by atoms with Crippen LogP contribution in [-0.4, -0.2) is 33.7 Å². The smallest absolute Gasteiger partial charge is 0.307 e. The number of carbonyl (C=O) groups excluding carboxylic acids is 2. The lowest BCUT2D eigenvalue weighted by molar-refractivity contribution is -0.141. The highest BCUT2D eigenvalue weighted by Gasteiger charge is 2.20. The van der Waals surface area contributed by atoms with E-state index in [9.17, 15) is 18.0 Å². The molecule has 0 radical (unpaired) electrons. The minimum atomic E-state index is -3.32. The molecule has 0 bridgehead atoms. The minimum absolute atomic E-state index is 0.00627. The van der Waals surface area contributed by atoms with E-state index in [4.69, 9.17) is 0 Å². The van der Waals surface area contributed by atoms with E-state index in [0.717, 1.165) is 11.8 Å². The first-order valence-electron chi connectivity index (χ1n) is 7.54. The van der Waals surface area contributed by atoms with Gasteiger partial charge in [-0.05, 0) is 29.8 Å². The van der Waals surface area contributed by atoms with E-state index < -0.39 is 27.8 Å². The lowest BCUT2D eigenvalue weighted by atomic mass is 10.0. The minimum Gasteiger partial charge on any atom is -0.469 e. The number of hydrogen-bond acceptors (Lipinski definition) is 5. The molecule has 2 rings (SSSR count). The molecule has 1 unspecified atom stereocenters. The van der Waals surface area contributed by atoms with Crippen molar-refractivity contribution in [2.24, 2.45) is 0 Å². The zero-order chi connectivity index (χ0) is 18.4. The Morgan fingerprint density at radius 1 is 1.04 bits per heavy atom. The third-order valence-electron chi connectivity index (χ3n) is 3.65. The van der Waals surface area contributed by atoms with Crippen LogP contribution < -0.4 is 5.32 Å². The maximum atomic E-state index is 12.4. The van der Waals surface area contributed by atoms with E-state index in [1.807, 2.05) is 18.2 Å². The van der Waals surface area contributed by atoms with Crippen LogP contribution in [0.25, 0.3) is 0 Å². The fraction of sp³-hybridized carbons (Fsp3) is 0.222. The summed E-state index contributed by atoms with van der Waals surface area (Å²) >= 11 is 0. The molecule has 25 heavy (non-hydrogen) atoms. The highest BCUT2D eigenvalue weighted by molar-refractivity contribution is 7.90. The van der Waals surface area contributed by atoms with Gasteiger partial charge in [0.15, 0.2) is 9.84 Å². The zero-order valence-corrected chi connectivity index (χ0v) is 14.7. The van der Waals surface area contributed by atoms with E-state index in [1.165, 1.54) is 31.4 Å². The van der Waals surface area contributed by atoms with Crippen molar-refractivity contribution in [2.75, 3.05) is 13.4 Å². The molecule has 0 heterocycles. The molecular formula is C18H19NO5S. The van der Waals surface area contributed by atoms with Gasteiger partial charge in [0, 0.05) is 11.8 Å². The number of hydrogen-bond donors (Lipinski definition) is 1. The van der Waals surface area contributed by atoms with Crippen molar-refractivity contribution in [3.8, 4) is 0 Å². The summed E-state index contributed by atoms with van der Waals surface area (Å²) in [6, 6.07) is 14.2. The molecule has 132 valence electrons. The number of ether oxygens (including phenoxy) is 1. The maximum Gasteiger partial charge on any atom is 0.307 e. The second-order valence-corrected chi connectivity index (χ2v) is 7.53. The molecule has 0 aromatic heterocycles. The van der Waals surface area contributed by atoms with E-state index in [2.05, 4.69) is 10.1 Å². The van der Waals surface area contributed by atoms with Crippen LogP contribution in [0.1, 0.15) is 28.4 Å². The Balaban J connectivity index is 2.20. The van der Waals surface area contributed by atoms with Gasteiger partial charge in [0.2, 0.25) is 0 Å². The Hall–Kier alpha value is -2.67. The molecule has 6 nitrogen and oxygen atoms in total. The molecule has 0 fully saturated rings. The second-order valence-electron chi connectivity index (χ2n) is 5.51. The topological polar surface area (TPSA) is 89.5 Å². The molecule has 0 saturated heterocycles. The van der Waals surface area contributed by atoms with Crippen LogP contribution in [0.2, 0.25) is 0 Å². The van der Waals surface area contributed by atoms with Crippen molar-refractivity contribution in [3.63, 3.8) is 0 Å². The Morgan fingerprint density at radius 3 is 2.16 bits per heavy atom. The normalized spacial score (nSPS) is 12.2. The average molecular weight is 361 g/mol. The lowest BCUT2D eigenvalue weighted by Gasteiger charge is -2.18. The maximum absolute atomic E-state index is 12.4. The van der Waals surface area contributed by atoms with Gasteiger partial charge in [-0.15, -0.1) is 0 Å². The van der Waals surface area contributed by atoms with Crippen LogP contribution in [0.15, 0.2) is 59.5 Å². The van der Waals surface area contributed by atoms with Gasteiger partial charge in [-0.2, -0.15) is 0 Å². The van der Waals surface area contributed by atoms with Crippen LogP contribution in [-0.2, 0) is 19.4 Å². The Morgan fingerprint density at radius 2 is 1.64 bits per heavy atom. The standard InChI is InChI=1S/C18H19NO5S/c1-24-17(20)12-16(13-6-4-3-5-7-13)19-18(21)14-8-10-15(11-9-14)25(2,22)23/h3-11,16H,12H2,1-2H3,(H,19,21). The number of esters is 1. The molecule has 0 aliphatic rings. The van der Waals surface area contributed by atoms with Crippen LogP contribution in [0, 0.1) is 0 Å². The predicted molar refractivity (Wildman–Crippen MR) is 92.8 cm³/mol. The predicted octanol–water partition coefficient (Wildman–Crippen LogP) is 2.12. The summed E-state index contributed by atoms with van der Waals surface area (Å²) in [5, 5.41) is 2.78. The number of amides is 1. The van der Waals surface area contributed by atoms with Crippen molar-refractivity contribution in [3.05, 3.63) is 65.7 Å². The van der Waals surface area contributed by atoms with Crippen LogP contribution in [0.5, 0.6) is 0 Å². The second kappa shape index (κ2) is 7.94. The van der Waals surface area contributed by atoms with Gasteiger partial charge in [0.1, 0.15) is 0 Å². The van der Waals surface area contributed by atoms with Gasteiger partial charge in [0.25, 0.3) is 5.91 Å². The fourth-order valence-corrected chi connectivity index (χ4v) is 2.91. The molecule has 2 aromatic rings. The summed E-state index contributed by atoms with van der Waals surface area (Å²) in [5.74, 6) is -0.848.